The van der Waals surface area contributed by atoms with Crippen molar-refractivity contribution in [3.05, 3.63) is 82.0 Å². The Balaban J connectivity index is 1.54. The maximum absolute atomic E-state index is 13.0. The van der Waals surface area contributed by atoms with Crippen LogP contribution in [0.15, 0.2) is 65.1 Å². The fraction of sp³-hybridized carbons (Fsp3) is 0.100. The molecular weight excluding hydrogens is 369 g/mol. The molecule has 2 heterocycles. The summed E-state index contributed by atoms with van der Waals surface area (Å²) in [5.74, 6) is 0.404. The molecule has 1 amide bonds. The Bertz CT molecular complexity index is 951. The number of benzene rings is 2. The molecule has 0 aromatic heterocycles. The van der Waals surface area contributed by atoms with E-state index in [0.717, 1.165) is 22.4 Å². The van der Waals surface area contributed by atoms with Crippen LogP contribution in [0.2, 0.25) is 0 Å². The van der Waals surface area contributed by atoms with Crippen LogP contribution in [0.3, 0.4) is 0 Å². The van der Waals surface area contributed by atoms with E-state index in [-0.39, 0.29) is 11.7 Å². The zero-order valence-electron chi connectivity index (χ0n) is 13.6. The van der Waals surface area contributed by atoms with Crippen LogP contribution in [0.25, 0.3) is 6.08 Å². The quantitative estimate of drug-likeness (QED) is 0.575. The summed E-state index contributed by atoms with van der Waals surface area (Å²) in [7, 11) is 0. The Hall–Kier alpha value is -2.44. The van der Waals surface area contributed by atoms with Crippen molar-refractivity contribution in [2.24, 2.45) is 0 Å². The number of nitrogens with zero attached hydrogens (tertiary/aromatic N) is 1. The third-order valence-electron chi connectivity index (χ3n) is 4.10. The predicted molar refractivity (Wildman–Crippen MR) is 105 cm³/mol. The number of thioether (sulfide) groups is 1. The first-order chi connectivity index (χ1) is 12.6. The van der Waals surface area contributed by atoms with Gasteiger partial charge in [-0.15, -0.1) is 0 Å². The first-order valence-electron chi connectivity index (χ1n) is 8.02. The van der Waals surface area contributed by atoms with E-state index in [9.17, 15) is 9.18 Å². The summed E-state index contributed by atoms with van der Waals surface area (Å²) in [6.45, 7) is 0.750. The summed E-state index contributed by atoms with van der Waals surface area (Å²) >= 11 is 6.63. The first-order valence-corrected chi connectivity index (χ1v) is 9.25. The second-order valence-electron chi connectivity index (χ2n) is 5.94. The number of rotatable bonds is 3. The van der Waals surface area contributed by atoms with Gasteiger partial charge in [0, 0.05) is 5.56 Å². The first kappa shape index (κ1) is 17.0. The van der Waals surface area contributed by atoms with Gasteiger partial charge in [0.25, 0.3) is 5.91 Å². The number of fused-ring (bicyclic) bond motifs is 1. The molecule has 0 bridgehead atoms. The average molecular weight is 383 g/mol. The van der Waals surface area contributed by atoms with Crippen molar-refractivity contribution >= 4 is 40.3 Å². The lowest BCUT2D eigenvalue weighted by Crippen LogP contribution is -2.27. The van der Waals surface area contributed by atoms with Gasteiger partial charge >= 0.3 is 0 Å². The second-order valence-corrected chi connectivity index (χ2v) is 7.62. The van der Waals surface area contributed by atoms with Crippen molar-refractivity contribution < 1.29 is 13.9 Å². The van der Waals surface area contributed by atoms with Crippen molar-refractivity contribution in [1.82, 2.24) is 4.90 Å². The molecule has 2 aromatic carbocycles. The highest BCUT2D eigenvalue weighted by atomic mass is 32.2. The number of ether oxygens (including phenoxy) is 1. The summed E-state index contributed by atoms with van der Waals surface area (Å²) in [5.41, 5.74) is 2.75. The Morgan fingerprint density at radius 2 is 1.96 bits per heavy atom. The lowest BCUT2D eigenvalue weighted by molar-refractivity contribution is -0.122. The number of hydrogen-bond donors (Lipinski definition) is 0. The van der Waals surface area contributed by atoms with E-state index in [1.54, 1.807) is 12.1 Å². The summed E-state index contributed by atoms with van der Waals surface area (Å²) in [6, 6.07) is 13.8. The molecule has 0 aliphatic carbocycles. The van der Waals surface area contributed by atoms with E-state index < -0.39 is 0 Å². The van der Waals surface area contributed by atoms with Crippen LogP contribution in [0.5, 0.6) is 5.75 Å². The van der Waals surface area contributed by atoms with Gasteiger partial charge in [-0.3, -0.25) is 9.69 Å². The fourth-order valence-corrected chi connectivity index (χ4v) is 4.06. The molecule has 0 radical (unpaired) electrons. The fourth-order valence-electron chi connectivity index (χ4n) is 2.79. The Morgan fingerprint density at radius 3 is 2.77 bits per heavy atom. The standard InChI is InChI=1S/C20H14FNO2S2/c21-16-7-5-13(6-8-16)11-22-19(23)18(26-20(22)25)10-14-9-15-3-1-2-4-17(15)24-12-14/h1-10H,11-12H2/b18-10-. The number of thiocarbonyl (C=S) groups is 1. The van der Waals surface area contributed by atoms with Gasteiger partial charge in [-0.1, -0.05) is 54.3 Å². The molecule has 3 nitrogen and oxygen atoms in total. The average Bonchev–Trinajstić information content (AvgIpc) is 2.91. The molecule has 1 saturated heterocycles. The lowest BCUT2D eigenvalue weighted by atomic mass is 10.1. The smallest absolute Gasteiger partial charge is 0.266 e. The highest BCUT2D eigenvalue weighted by Crippen LogP contribution is 2.34. The van der Waals surface area contributed by atoms with Gasteiger partial charge < -0.3 is 4.74 Å². The normalized spacial score (nSPS) is 18.0. The zero-order valence-corrected chi connectivity index (χ0v) is 15.3. The highest BCUT2D eigenvalue weighted by Gasteiger charge is 2.32. The number of halogens is 1. The van der Waals surface area contributed by atoms with Crippen LogP contribution in [0.1, 0.15) is 11.1 Å². The number of amides is 1. The molecule has 26 heavy (non-hydrogen) atoms. The third kappa shape index (κ3) is 3.43. The van der Waals surface area contributed by atoms with Crippen molar-refractivity contribution in [3.8, 4) is 5.75 Å². The molecule has 0 saturated carbocycles. The van der Waals surface area contributed by atoms with Crippen LogP contribution in [0.4, 0.5) is 4.39 Å². The molecule has 0 unspecified atom stereocenters. The molecular formula is C20H14FNO2S2. The molecule has 2 aliphatic rings. The van der Waals surface area contributed by atoms with Gasteiger partial charge in [0.1, 0.15) is 22.5 Å². The zero-order chi connectivity index (χ0) is 18.1. The molecule has 4 rings (SSSR count). The molecule has 0 N–H and O–H groups in total. The molecule has 0 spiro atoms. The largest absolute Gasteiger partial charge is 0.488 e. The summed E-state index contributed by atoms with van der Waals surface area (Å²) in [6.07, 6.45) is 3.85. The van der Waals surface area contributed by atoms with Crippen molar-refractivity contribution in [3.63, 3.8) is 0 Å². The van der Waals surface area contributed by atoms with Crippen LogP contribution in [-0.2, 0) is 11.3 Å². The van der Waals surface area contributed by atoms with Crippen LogP contribution >= 0.6 is 24.0 Å². The van der Waals surface area contributed by atoms with Crippen molar-refractivity contribution in [2.45, 2.75) is 6.54 Å². The number of para-hydroxylation sites is 1. The van der Waals surface area contributed by atoms with Gasteiger partial charge in [0.2, 0.25) is 0 Å². The van der Waals surface area contributed by atoms with Gasteiger partial charge in [-0.2, -0.15) is 0 Å². The number of carbonyl (C=O) groups excluding carboxylic acids is 1. The summed E-state index contributed by atoms with van der Waals surface area (Å²) < 4.78 is 19.3. The Kier molecular flexibility index (Phi) is 4.61. The minimum atomic E-state index is -0.302. The van der Waals surface area contributed by atoms with Crippen molar-refractivity contribution in [1.29, 1.82) is 0 Å². The lowest BCUT2D eigenvalue weighted by Gasteiger charge is -2.16. The molecule has 6 heteroatoms. The maximum Gasteiger partial charge on any atom is 0.266 e. The SMILES string of the molecule is O=C1/C(=C/C2=Cc3ccccc3OC2)SC(=S)N1Cc1ccc(F)cc1. The monoisotopic (exact) mass is 383 g/mol. The van der Waals surface area contributed by atoms with Crippen LogP contribution in [-0.4, -0.2) is 21.7 Å². The van der Waals surface area contributed by atoms with E-state index in [4.69, 9.17) is 17.0 Å². The van der Waals surface area contributed by atoms with E-state index >= 15 is 0 Å². The highest BCUT2D eigenvalue weighted by molar-refractivity contribution is 8.26. The van der Waals surface area contributed by atoms with Gasteiger partial charge in [-0.25, -0.2) is 4.39 Å². The van der Waals surface area contributed by atoms with Gasteiger partial charge in [-0.05, 0) is 41.5 Å². The van der Waals surface area contributed by atoms with E-state index in [1.807, 2.05) is 36.4 Å². The Morgan fingerprint density at radius 1 is 1.19 bits per heavy atom. The summed E-state index contributed by atoms with van der Waals surface area (Å²) in [5, 5.41) is 0. The Labute approximate surface area is 160 Å². The van der Waals surface area contributed by atoms with E-state index in [0.29, 0.717) is 22.4 Å². The minimum absolute atomic E-state index is 0.135. The molecule has 2 aliphatic heterocycles. The molecule has 130 valence electrons. The maximum atomic E-state index is 13.0. The third-order valence-corrected chi connectivity index (χ3v) is 5.48. The van der Waals surface area contributed by atoms with Crippen LogP contribution in [0, 0.1) is 5.82 Å². The molecule has 0 atom stereocenters. The minimum Gasteiger partial charge on any atom is -0.488 e. The number of hydrogen-bond acceptors (Lipinski definition) is 4. The molecule has 2 aromatic rings. The molecule has 1 fully saturated rings. The van der Waals surface area contributed by atoms with Crippen molar-refractivity contribution in [2.75, 3.05) is 6.61 Å². The number of carbonyl (C=O) groups is 1. The van der Waals surface area contributed by atoms with Crippen LogP contribution < -0.4 is 4.74 Å². The topological polar surface area (TPSA) is 29.5 Å². The van der Waals surface area contributed by atoms with Gasteiger partial charge in [0.15, 0.2) is 0 Å². The van der Waals surface area contributed by atoms with E-state index in [1.165, 1.54) is 28.8 Å². The summed E-state index contributed by atoms with van der Waals surface area (Å²) in [4.78, 5) is 14.8. The predicted octanol–water partition coefficient (Wildman–Crippen LogP) is 4.55. The second kappa shape index (κ2) is 7.05. The van der Waals surface area contributed by atoms with E-state index in [2.05, 4.69) is 0 Å². The van der Waals surface area contributed by atoms with Gasteiger partial charge in [0.05, 0.1) is 11.4 Å².